The van der Waals surface area contributed by atoms with Crippen molar-refractivity contribution in [1.82, 2.24) is 10.2 Å². The Morgan fingerprint density at radius 2 is 2.18 bits per heavy atom. The van der Waals surface area contributed by atoms with E-state index in [0.717, 1.165) is 35.3 Å². The summed E-state index contributed by atoms with van der Waals surface area (Å²) in [5.41, 5.74) is 16.1. The first kappa shape index (κ1) is 9.89. The summed E-state index contributed by atoms with van der Waals surface area (Å²) in [4.78, 5) is 11.2. The van der Waals surface area contributed by atoms with Gasteiger partial charge in [0.15, 0.2) is 0 Å². The summed E-state index contributed by atoms with van der Waals surface area (Å²) >= 11 is 0. The van der Waals surface area contributed by atoms with Crippen molar-refractivity contribution in [2.75, 3.05) is 5.73 Å². The Balaban J connectivity index is 2.21. The van der Waals surface area contributed by atoms with E-state index in [0.29, 0.717) is 5.69 Å². The molecule has 0 saturated carbocycles. The van der Waals surface area contributed by atoms with E-state index >= 15 is 0 Å². The number of fused-ring (bicyclic) bond motifs is 3. The quantitative estimate of drug-likeness (QED) is 0.631. The molecule has 2 aromatic rings. The SMILES string of the molecule is NC(=O)c1[nH]nc2c1CCc1cc(N)ccc1-2. The number of hydrogen-bond donors (Lipinski definition) is 3. The number of nitrogens with one attached hydrogen (secondary N) is 1. The number of primary amides is 1. The molecule has 0 fully saturated rings. The Morgan fingerprint density at radius 1 is 1.35 bits per heavy atom. The molecule has 0 unspecified atom stereocenters. The number of rotatable bonds is 1. The zero-order valence-electron chi connectivity index (χ0n) is 9.16. The fraction of sp³-hybridized carbons (Fsp3) is 0.167. The molecule has 86 valence electrons. The van der Waals surface area contributed by atoms with E-state index in [1.807, 2.05) is 18.2 Å². The maximum absolute atomic E-state index is 11.2. The third kappa shape index (κ3) is 1.39. The number of nitrogens with zero attached hydrogens (tertiary/aromatic N) is 1. The van der Waals surface area contributed by atoms with E-state index in [-0.39, 0.29) is 0 Å². The molecule has 0 atom stereocenters. The van der Waals surface area contributed by atoms with Crippen LogP contribution < -0.4 is 11.5 Å². The summed E-state index contributed by atoms with van der Waals surface area (Å²) in [6.07, 6.45) is 1.62. The number of aromatic amines is 1. The number of carbonyl (C=O) groups is 1. The first-order valence-electron chi connectivity index (χ1n) is 5.42. The molecule has 1 aliphatic carbocycles. The van der Waals surface area contributed by atoms with Crippen LogP contribution in [0.15, 0.2) is 18.2 Å². The normalized spacial score (nSPS) is 12.9. The topological polar surface area (TPSA) is 97.8 Å². The van der Waals surface area contributed by atoms with E-state index < -0.39 is 5.91 Å². The van der Waals surface area contributed by atoms with Crippen LogP contribution in [0.2, 0.25) is 0 Å². The van der Waals surface area contributed by atoms with Gasteiger partial charge in [-0.05, 0) is 30.5 Å². The number of nitrogens with two attached hydrogens (primary N) is 2. The van der Waals surface area contributed by atoms with E-state index in [1.165, 1.54) is 5.56 Å². The second-order valence-electron chi connectivity index (χ2n) is 4.21. The highest BCUT2D eigenvalue weighted by atomic mass is 16.1. The summed E-state index contributed by atoms with van der Waals surface area (Å²) in [6.45, 7) is 0. The van der Waals surface area contributed by atoms with Gasteiger partial charge in [-0.2, -0.15) is 5.10 Å². The number of anilines is 1. The van der Waals surface area contributed by atoms with Gasteiger partial charge in [0.25, 0.3) is 5.91 Å². The molecule has 1 amide bonds. The average molecular weight is 228 g/mol. The number of amides is 1. The summed E-state index contributed by atoms with van der Waals surface area (Å²) in [7, 11) is 0. The van der Waals surface area contributed by atoms with Crippen LogP contribution in [-0.2, 0) is 12.8 Å². The van der Waals surface area contributed by atoms with Crippen LogP contribution in [0.1, 0.15) is 21.6 Å². The van der Waals surface area contributed by atoms with Crippen molar-refractivity contribution in [1.29, 1.82) is 0 Å². The molecule has 3 rings (SSSR count). The minimum atomic E-state index is -0.461. The van der Waals surface area contributed by atoms with E-state index in [1.54, 1.807) is 0 Å². The van der Waals surface area contributed by atoms with Crippen molar-refractivity contribution in [2.45, 2.75) is 12.8 Å². The molecule has 5 heteroatoms. The molecule has 5 N–H and O–H groups in total. The molecular formula is C12H12N4O. The van der Waals surface area contributed by atoms with Crippen LogP contribution in [-0.4, -0.2) is 16.1 Å². The van der Waals surface area contributed by atoms with E-state index in [2.05, 4.69) is 10.2 Å². The predicted molar refractivity (Wildman–Crippen MR) is 64.4 cm³/mol. The molecule has 1 aromatic carbocycles. The third-order valence-electron chi connectivity index (χ3n) is 3.14. The lowest BCUT2D eigenvalue weighted by atomic mass is 9.88. The predicted octanol–water partition coefficient (Wildman–Crippen LogP) is 0.856. The fourth-order valence-electron chi connectivity index (χ4n) is 2.35. The number of H-pyrrole nitrogens is 1. The maximum Gasteiger partial charge on any atom is 0.267 e. The lowest BCUT2D eigenvalue weighted by molar-refractivity contribution is 0.0994. The van der Waals surface area contributed by atoms with E-state index in [4.69, 9.17) is 11.5 Å². The van der Waals surface area contributed by atoms with Crippen LogP contribution >= 0.6 is 0 Å². The molecule has 0 aliphatic heterocycles. The van der Waals surface area contributed by atoms with Gasteiger partial charge in [0.05, 0.1) is 5.69 Å². The molecule has 1 aliphatic rings. The van der Waals surface area contributed by atoms with Gasteiger partial charge in [-0.1, -0.05) is 6.07 Å². The highest BCUT2D eigenvalue weighted by Crippen LogP contribution is 2.34. The zero-order chi connectivity index (χ0) is 12.0. The number of hydrogen-bond acceptors (Lipinski definition) is 3. The Kier molecular flexibility index (Phi) is 1.95. The third-order valence-corrected chi connectivity index (χ3v) is 3.14. The summed E-state index contributed by atoms with van der Waals surface area (Å²) in [6, 6.07) is 5.73. The van der Waals surface area contributed by atoms with Gasteiger partial charge >= 0.3 is 0 Å². The van der Waals surface area contributed by atoms with Crippen LogP contribution in [0.3, 0.4) is 0 Å². The lowest BCUT2D eigenvalue weighted by Gasteiger charge is -2.15. The smallest absolute Gasteiger partial charge is 0.267 e. The van der Waals surface area contributed by atoms with Gasteiger partial charge < -0.3 is 11.5 Å². The van der Waals surface area contributed by atoms with Crippen molar-refractivity contribution in [2.24, 2.45) is 5.73 Å². The van der Waals surface area contributed by atoms with Gasteiger partial charge in [0.2, 0.25) is 0 Å². The van der Waals surface area contributed by atoms with E-state index in [9.17, 15) is 4.79 Å². The van der Waals surface area contributed by atoms with Gasteiger partial charge in [-0.3, -0.25) is 9.89 Å². The van der Waals surface area contributed by atoms with Crippen LogP contribution in [0.5, 0.6) is 0 Å². The van der Waals surface area contributed by atoms with Crippen molar-refractivity contribution in [3.63, 3.8) is 0 Å². The Bertz CT molecular complexity index is 615. The average Bonchev–Trinajstić information content (AvgIpc) is 2.72. The van der Waals surface area contributed by atoms with Gasteiger partial charge in [-0.15, -0.1) is 0 Å². The summed E-state index contributed by atoms with van der Waals surface area (Å²) < 4.78 is 0. The second kappa shape index (κ2) is 3.35. The molecule has 0 saturated heterocycles. The second-order valence-corrected chi connectivity index (χ2v) is 4.21. The van der Waals surface area contributed by atoms with Gasteiger partial charge in [0, 0.05) is 16.8 Å². The Labute approximate surface area is 97.8 Å². The zero-order valence-corrected chi connectivity index (χ0v) is 9.16. The van der Waals surface area contributed by atoms with Crippen molar-refractivity contribution in [3.05, 3.63) is 35.0 Å². The molecule has 0 radical (unpaired) electrons. The minimum absolute atomic E-state index is 0.419. The Hall–Kier alpha value is -2.30. The first-order valence-corrected chi connectivity index (χ1v) is 5.42. The number of aromatic nitrogens is 2. The van der Waals surface area contributed by atoms with Gasteiger partial charge in [-0.25, -0.2) is 0 Å². The maximum atomic E-state index is 11.2. The van der Waals surface area contributed by atoms with Crippen LogP contribution in [0.25, 0.3) is 11.3 Å². The lowest BCUT2D eigenvalue weighted by Crippen LogP contribution is -2.15. The molecule has 0 spiro atoms. The number of carbonyl (C=O) groups excluding carboxylic acids is 1. The monoisotopic (exact) mass is 228 g/mol. The first-order chi connectivity index (χ1) is 8.16. The summed E-state index contributed by atoms with van der Waals surface area (Å²) in [5.74, 6) is -0.461. The van der Waals surface area contributed by atoms with Crippen molar-refractivity contribution in [3.8, 4) is 11.3 Å². The molecular weight excluding hydrogens is 216 g/mol. The number of nitrogen functional groups attached to an aromatic ring is 1. The Morgan fingerprint density at radius 3 is 2.94 bits per heavy atom. The molecule has 1 aromatic heterocycles. The van der Waals surface area contributed by atoms with Crippen LogP contribution in [0, 0.1) is 0 Å². The van der Waals surface area contributed by atoms with Crippen molar-refractivity contribution >= 4 is 11.6 Å². The highest BCUT2D eigenvalue weighted by molar-refractivity contribution is 5.94. The summed E-state index contributed by atoms with van der Waals surface area (Å²) in [5, 5.41) is 6.90. The minimum Gasteiger partial charge on any atom is -0.399 e. The molecule has 0 bridgehead atoms. The molecule has 17 heavy (non-hydrogen) atoms. The standard InChI is InChI=1S/C12H12N4O/c13-7-2-4-8-6(5-7)1-3-9-10(8)15-16-11(9)12(14)17/h2,4-5H,1,3,13H2,(H2,14,17)(H,15,16). The van der Waals surface area contributed by atoms with Gasteiger partial charge in [0.1, 0.15) is 5.69 Å². The number of benzene rings is 1. The molecule has 1 heterocycles. The highest BCUT2D eigenvalue weighted by Gasteiger charge is 2.23. The van der Waals surface area contributed by atoms with Crippen LogP contribution in [0.4, 0.5) is 5.69 Å². The number of aryl methyl sites for hydroxylation is 1. The fourth-order valence-corrected chi connectivity index (χ4v) is 2.35. The van der Waals surface area contributed by atoms with Crippen molar-refractivity contribution < 1.29 is 4.79 Å². The molecule has 5 nitrogen and oxygen atoms in total. The largest absolute Gasteiger partial charge is 0.399 e.